The standard InChI is InChI=1S/C14H15Cl2N3O.CH2O2/c1-18-5-4-9(6-18)7-19-8-17-13-11(16)3-2-10(15)12(13)14(19)20;2-1-3/h2-3,8-9H,4-7H2,1H3;1H,(H,2,3). The Kier molecular flexibility index (Phi) is 5.98. The fourth-order valence-corrected chi connectivity index (χ4v) is 3.22. The minimum Gasteiger partial charge on any atom is -0.483 e. The number of hydrogen-bond acceptors (Lipinski definition) is 4. The molecule has 1 aromatic carbocycles. The molecule has 1 fully saturated rings. The van der Waals surface area contributed by atoms with Crippen molar-refractivity contribution in [1.29, 1.82) is 0 Å². The van der Waals surface area contributed by atoms with E-state index in [-0.39, 0.29) is 12.0 Å². The lowest BCUT2D eigenvalue weighted by Crippen LogP contribution is -2.26. The number of hydrogen-bond donors (Lipinski definition) is 1. The summed E-state index contributed by atoms with van der Waals surface area (Å²) in [4.78, 5) is 27.5. The maximum atomic E-state index is 12.5. The maximum Gasteiger partial charge on any atom is 0.290 e. The molecule has 2 aromatic rings. The highest BCUT2D eigenvalue weighted by molar-refractivity contribution is 6.39. The van der Waals surface area contributed by atoms with E-state index in [0.717, 1.165) is 19.5 Å². The minimum atomic E-state index is -0.250. The molecule has 3 rings (SSSR count). The summed E-state index contributed by atoms with van der Waals surface area (Å²) >= 11 is 12.2. The number of nitrogens with zero attached hydrogens (tertiary/aromatic N) is 3. The first-order valence-corrected chi connectivity index (χ1v) is 7.83. The van der Waals surface area contributed by atoms with Crippen molar-refractivity contribution in [1.82, 2.24) is 14.5 Å². The van der Waals surface area contributed by atoms with Crippen LogP contribution in [0.3, 0.4) is 0 Å². The highest BCUT2D eigenvalue weighted by Gasteiger charge is 2.21. The number of likely N-dealkylation sites (tertiary alicyclic amines) is 1. The Morgan fingerprint density at radius 1 is 1.39 bits per heavy atom. The Morgan fingerprint density at radius 2 is 2.04 bits per heavy atom. The molecule has 23 heavy (non-hydrogen) atoms. The van der Waals surface area contributed by atoms with Crippen LogP contribution >= 0.6 is 23.2 Å². The molecule has 0 radical (unpaired) electrons. The summed E-state index contributed by atoms with van der Waals surface area (Å²) in [5.41, 5.74) is 0.362. The number of carboxylic acid groups (broad SMARTS) is 1. The Balaban J connectivity index is 0.000000595. The van der Waals surface area contributed by atoms with Crippen molar-refractivity contribution in [3.05, 3.63) is 38.9 Å². The van der Waals surface area contributed by atoms with Crippen LogP contribution in [0.1, 0.15) is 6.42 Å². The second-order valence-corrected chi connectivity index (χ2v) is 6.29. The highest BCUT2D eigenvalue weighted by Crippen LogP contribution is 2.25. The van der Waals surface area contributed by atoms with E-state index in [0.29, 0.717) is 33.4 Å². The van der Waals surface area contributed by atoms with Gasteiger partial charge >= 0.3 is 0 Å². The quantitative estimate of drug-likeness (QED) is 0.835. The highest BCUT2D eigenvalue weighted by atomic mass is 35.5. The summed E-state index contributed by atoms with van der Waals surface area (Å²) < 4.78 is 1.65. The molecule has 6 nitrogen and oxygen atoms in total. The third-order valence-corrected chi connectivity index (χ3v) is 4.44. The molecule has 1 N–H and O–H groups in total. The molecule has 0 amide bonds. The molecule has 1 unspecified atom stereocenters. The van der Waals surface area contributed by atoms with Crippen molar-refractivity contribution in [3.8, 4) is 0 Å². The molecular formula is C15H17Cl2N3O3. The zero-order valence-electron chi connectivity index (χ0n) is 12.6. The second-order valence-electron chi connectivity index (χ2n) is 5.48. The number of rotatable bonds is 2. The van der Waals surface area contributed by atoms with Crippen molar-refractivity contribution < 1.29 is 9.90 Å². The van der Waals surface area contributed by atoms with Crippen molar-refractivity contribution in [2.45, 2.75) is 13.0 Å². The van der Waals surface area contributed by atoms with Crippen molar-refractivity contribution in [2.75, 3.05) is 20.1 Å². The van der Waals surface area contributed by atoms with Gasteiger partial charge in [0.05, 0.1) is 27.3 Å². The first-order valence-electron chi connectivity index (χ1n) is 7.07. The summed E-state index contributed by atoms with van der Waals surface area (Å²) in [5.74, 6) is 0.481. The predicted molar refractivity (Wildman–Crippen MR) is 90.3 cm³/mol. The van der Waals surface area contributed by atoms with Crippen molar-refractivity contribution >= 4 is 40.6 Å². The molecule has 0 aliphatic carbocycles. The van der Waals surface area contributed by atoms with E-state index >= 15 is 0 Å². The van der Waals surface area contributed by atoms with E-state index in [1.165, 1.54) is 0 Å². The van der Waals surface area contributed by atoms with E-state index in [1.54, 1.807) is 23.0 Å². The van der Waals surface area contributed by atoms with Crippen LogP contribution in [0.15, 0.2) is 23.3 Å². The van der Waals surface area contributed by atoms with Crippen LogP contribution in [0, 0.1) is 5.92 Å². The molecule has 0 saturated carbocycles. The summed E-state index contributed by atoms with van der Waals surface area (Å²) in [6.07, 6.45) is 2.68. The summed E-state index contributed by atoms with van der Waals surface area (Å²) in [7, 11) is 2.10. The Hall–Kier alpha value is -1.63. The zero-order chi connectivity index (χ0) is 17.0. The second kappa shape index (κ2) is 7.77. The largest absolute Gasteiger partial charge is 0.483 e. The van der Waals surface area contributed by atoms with Gasteiger partial charge in [0, 0.05) is 13.1 Å². The van der Waals surface area contributed by atoms with Gasteiger partial charge in [-0.1, -0.05) is 23.2 Å². The van der Waals surface area contributed by atoms with E-state index < -0.39 is 0 Å². The normalized spacial score (nSPS) is 17.8. The Bertz CT molecular complexity index is 763. The van der Waals surface area contributed by atoms with Crippen molar-refractivity contribution in [3.63, 3.8) is 0 Å². The lowest BCUT2D eigenvalue weighted by molar-refractivity contribution is -0.122. The van der Waals surface area contributed by atoms with Crippen LogP contribution in [0.2, 0.25) is 10.0 Å². The molecule has 1 saturated heterocycles. The van der Waals surface area contributed by atoms with Crippen molar-refractivity contribution in [2.24, 2.45) is 5.92 Å². The van der Waals surface area contributed by atoms with E-state index in [1.807, 2.05) is 0 Å². The number of halogens is 2. The average Bonchev–Trinajstić information content (AvgIpc) is 2.91. The van der Waals surface area contributed by atoms with Crippen LogP contribution in [-0.2, 0) is 11.3 Å². The van der Waals surface area contributed by atoms with Gasteiger partial charge in [-0.15, -0.1) is 0 Å². The van der Waals surface area contributed by atoms with Gasteiger partial charge < -0.3 is 10.0 Å². The lowest BCUT2D eigenvalue weighted by atomic mass is 10.1. The predicted octanol–water partition coefficient (Wildman–Crippen LogP) is 2.36. The first kappa shape index (κ1) is 17.7. The SMILES string of the molecule is CN1CCC(Cn2cnc3c(Cl)ccc(Cl)c3c2=O)C1.O=CO. The topological polar surface area (TPSA) is 75.4 Å². The number of carbonyl (C=O) groups is 1. The van der Waals surface area contributed by atoms with Gasteiger partial charge in [0.1, 0.15) is 0 Å². The van der Waals surface area contributed by atoms with Gasteiger partial charge in [0.25, 0.3) is 12.0 Å². The zero-order valence-corrected chi connectivity index (χ0v) is 14.1. The van der Waals surface area contributed by atoms with Gasteiger partial charge in [0.15, 0.2) is 0 Å². The fraction of sp³-hybridized carbons (Fsp3) is 0.400. The minimum absolute atomic E-state index is 0.114. The van der Waals surface area contributed by atoms with Crippen LogP contribution in [0.25, 0.3) is 10.9 Å². The molecule has 1 aliphatic rings. The van der Waals surface area contributed by atoms with Gasteiger partial charge in [-0.2, -0.15) is 0 Å². The lowest BCUT2D eigenvalue weighted by Gasteiger charge is -2.13. The third-order valence-electron chi connectivity index (χ3n) is 3.82. The van der Waals surface area contributed by atoms with Crippen LogP contribution in [0.4, 0.5) is 0 Å². The molecule has 8 heteroatoms. The van der Waals surface area contributed by atoms with Crippen LogP contribution < -0.4 is 5.56 Å². The Labute approximate surface area is 143 Å². The molecule has 1 aromatic heterocycles. The molecule has 1 aliphatic heterocycles. The number of fused-ring (bicyclic) bond motifs is 1. The van der Waals surface area contributed by atoms with E-state index in [4.69, 9.17) is 33.1 Å². The Morgan fingerprint density at radius 3 is 2.65 bits per heavy atom. The van der Waals surface area contributed by atoms with E-state index in [2.05, 4.69) is 16.9 Å². The maximum absolute atomic E-state index is 12.5. The van der Waals surface area contributed by atoms with Crippen LogP contribution in [0.5, 0.6) is 0 Å². The van der Waals surface area contributed by atoms with Crippen LogP contribution in [-0.4, -0.2) is 46.2 Å². The molecule has 0 spiro atoms. The molecule has 1 atom stereocenters. The van der Waals surface area contributed by atoms with Gasteiger partial charge in [0.2, 0.25) is 0 Å². The van der Waals surface area contributed by atoms with Gasteiger partial charge in [-0.05, 0) is 38.1 Å². The van der Waals surface area contributed by atoms with E-state index in [9.17, 15) is 4.79 Å². The summed E-state index contributed by atoms with van der Waals surface area (Å²) in [6, 6.07) is 3.30. The monoisotopic (exact) mass is 357 g/mol. The van der Waals surface area contributed by atoms with Gasteiger partial charge in [-0.3, -0.25) is 14.2 Å². The fourth-order valence-electron chi connectivity index (χ4n) is 2.78. The third kappa shape index (κ3) is 4.02. The molecular weight excluding hydrogens is 341 g/mol. The first-order chi connectivity index (χ1) is 11.0. The smallest absolute Gasteiger partial charge is 0.290 e. The summed E-state index contributed by atoms with van der Waals surface area (Å²) in [5, 5.41) is 8.15. The molecule has 124 valence electrons. The summed E-state index contributed by atoms with van der Waals surface area (Å²) in [6.45, 7) is 2.51. The molecule has 0 bridgehead atoms. The van der Waals surface area contributed by atoms with Gasteiger partial charge in [-0.25, -0.2) is 4.98 Å². The number of benzene rings is 1. The molecule has 2 heterocycles. The number of aromatic nitrogens is 2. The average molecular weight is 358 g/mol.